The summed E-state index contributed by atoms with van der Waals surface area (Å²) in [4.78, 5) is 2.30. The van der Waals surface area contributed by atoms with Gasteiger partial charge in [0.05, 0.1) is 19.3 Å². The van der Waals surface area contributed by atoms with Crippen LogP contribution in [-0.4, -0.2) is 55.6 Å². The Balaban J connectivity index is 1.64. The average Bonchev–Trinajstić information content (AvgIpc) is 2.67. The van der Waals surface area contributed by atoms with E-state index in [0.29, 0.717) is 37.8 Å². The molecule has 4 nitrogen and oxygen atoms in total. The van der Waals surface area contributed by atoms with Crippen molar-refractivity contribution in [3.8, 4) is 5.75 Å². The maximum Gasteiger partial charge on any atom is 0.119 e. The van der Waals surface area contributed by atoms with E-state index in [2.05, 4.69) is 58.7 Å². The van der Waals surface area contributed by atoms with Crippen LogP contribution in [0.4, 0.5) is 0 Å². The molecule has 30 heavy (non-hydrogen) atoms. The highest BCUT2D eigenvalue weighted by Gasteiger charge is 2.27. The third-order valence-electron chi connectivity index (χ3n) is 6.11. The maximum absolute atomic E-state index is 10.2. The van der Waals surface area contributed by atoms with Crippen LogP contribution in [-0.2, 0) is 10.2 Å². The van der Waals surface area contributed by atoms with Gasteiger partial charge in [0.25, 0.3) is 0 Å². The predicted octanol–water partition coefficient (Wildman–Crippen LogP) is 5.42. The number of aliphatic hydroxyl groups excluding tert-OH is 1. The summed E-state index contributed by atoms with van der Waals surface area (Å²) in [6.07, 6.45) is 7.18. The van der Waals surface area contributed by atoms with E-state index in [1.807, 2.05) is 12.1 Å². The summed E-state index contributed by atoms with van der Waals surface area (Å²) >= 11 is 0. The van der Waals surface area contributed by atoms with Crippen LogP contribution in [0.1, 0.15) is 78.7 Å². The van der Waals surface area contributed by atoms with Gasteiger partial charge in [-0.3, -0.25) is 0 Å². The molecule has 1 aromatic carbocycles. The first-order valence-electron chi connectivity index (χ1n) is 11.8. The van der Waals surface area contributed by atoms with E-state index < -0.39 is 6.10 Å². The molecule has 1 aliphatic rings. The number of nitrogens with zero attached hydrogens (tertiary/aromatic N) is 1. The normalized spacial score (nSPS) is 17.3. The summed E-state index contributed by atoms with van der Waals surface area (Å²) < 4.78 is 11.5. The summed E-state index contributed by atoms with van der Waals surface area (Å²) in [5.74, 6) is 0.867. The molecule has 0 radical (unpaired) electrons. The first-order valence-corrected chi connectivity index (χ1v) is 11.8. The molecule has 0 amide bonds. The number of benzene rings is 1. The van der Waals surface area contributed by atoms with Gasteiger partial charge in [-0.1, -0.05) is 66.0 Å². The lowest BCUT2D eigenvalue weighted by atomic mass is 9.72. The van der Waals surface area contributed by atoms with Crippen LogP contribution in [0, 0.1) is 5.41 Å². The van der Waals surface area contributed by atoms with Crippen molar-refractivity contribution >= 4 is 0 Å². The van der Waals surface area contributed by atoms with Gasteiger partial charge < -0.3 is 19.5 Å². The molecule has 1 fully saturated rings. The van der Waals surface area contributed by atoms with Crippen molar-refractivity contribution in [1.29, 1.82) is 0 Å². The Labute approximate surface area is 185 Å². The molecule has 0 spiro atoms. The number of aliphatic hydroxyl groups is 1. The third-order valence-corrected chi connectivity index (χ3v) is 6.11. The van der Waals surface area contributed by atoms with Gasteiger partial charge in [-0.15, -0.1) is 0 Å². The van der Waals surface area contributed by atoms with Crippen molar-refractivity contribution in [2.24, 2.45) is 5.41 Å². The molecule has 0 heterocycles. The monoisotopic (exact) mass is 419 g/mol. The number of likely N-dealkylation sites (N-methyl/N-ethyl adjacent to an activating group) is 1. The van der Waals surface area contributed by atoms with Crippen LogP contribution in [0.3, 0.4) is 0 Å². The van der Waals surface area contributed by atoms with Crippen molar-refractivity contribution in [2.75, 3.05) is 33.4 Å². The molecule has 1 saturated carbocycles. The fourth-order valence-corrected chi connectivity index (χ4v) is 4.92. The fourth-order valence-electron chi connectivity index (χ4n) is 4.92. The van der Waals surface area contributed by atoms with Crippen LogP contribution in [0.15, 0.2) is 24.3 Å². The second kappa shape index (κ2) is 11.5. The van der Waals surface area contributed by atoms with Crippen LogP contribution >= 0.6 is 0 Å². The summed E-state index contributed by atoms with van der Waals surface area (Å²) in [5, 5.41) is 10.2. The van der Waals surface area contributed by atoms with Gasteiger partial charge in [-0.25, -0.2) is 0 Å². The van der Waals surface area contributed by atoms with E-state index in [1.165, 1.54) is 37.7 Å². The Kier molecular flexibility index (Phi) is 9.65. The Hall–Kier alpha value is -1.10. The molecule has 172 valence electrons. The van der Waals surface area contributed by atoms with Gasteiger partial charge in [-0.2, -0.15) is 0 Å². The summed E-state index contributed by atoms with van der Waals surface area (Å²) in [6.45, 7) is 13.5. The molecule has 1 N–H and O–H groups in total. The topological polar surface area (TPSA) is 41.9 Å². The lowest BCUT2D eigenvalue weighted by molar-refractivity contribution is 0.00326. The van der Waals surface area contributed by atoms with Gasteiger partial charge in [-0.05, 0) is 54.8 Å². The van der Waals surface area contributed by atoms with E-state index in [0.717, 1.165) is 12.2 Å². The quantitative estimate of drug-likeness (QED) is 0.486. The van der Waals surface area contributed by atoms with Crippen molar-refractivity contribution < 1.29 is 14.6 Å². The molecule has 0 aromatic heterocycles. The molecule has 0 aliphatic heterocycles. The molecular weight excluding hydrogens is 374 g/mol. The third kappa shape index (κ3) is 8.95. The molecule has 4 heteroatoms. The van der Waals surface area contributed by atoms with E-state index >= 15 is 0 Å². The SMILES string of the molecule is CN(CC(O)COCCOc1ccc(C(C)(C)CC(C)(C)C)cc1)C1CCCCC1. The van der Waals surface area contributed by atoms with Gasteiger partial charge in [0, 0.05) is 12.6 Å². The number of ether oxygens (including phenoxy) is 2. The Morgan fingerprint density at radius 2 is 1.63 bits per heavy atom. The van der Waals surface area contributed by atoms with Gasteiger partial charge in [0.1, 0.15) is 12.4 Å². The molecule has 1 aromatic rings. The van der Waals surface area contributed by atoms with Crippen LogP contribution in [0.25, 0.3) is 0 Å². The predicted molar refractivity (Wildman–Crippen MR) is 125 cm³/mol. The summed E-state index contributed by atoms with van der Waals surface area (Å²) in [5.41, 5.74) is 1.78. The highest BCUT2D eigenvalue weighted by Crippen LogP contribution is 2.36. The fraction of sp³-hybridized carbons (Fsp3) is 0.769. The first-order chi connectivity index (χ1) is 14.1. The highest BCUT2D eigenvalue weighted by atomic mass is 16.5. The van der Waals surface area contributed by atoms with Gasteiger partial charge in [0.2, 0.25) is 0 Å². The van der Waals surface area contributed by atoms with Crippen molar-refractivity contribution in [3.63, 3.8) is 0 Å². The standard InChI is InChI=1S/C26H45NO3/c1-25(2,3)20-26(4,5)21-12-14-24(15-13-21)30-17-16-29-19-23(28)18-27(6)22-10-8-7-9-11-22/h12-15,22-23,28H,7-11,16-20H2,1-6H3. The zero-order valence-corrected chi connectivity index (χ0v) is 20.2. The molecule has 0 bridgehead atoms. The van der Waals surface area contributed by atoms with Crippen molar-refractivity contribution in [2.45, 2.75) is 90.7 Å². The number of hydrogen-bond acceptors (Lipinski definition) is 4. The van der Waals surface area contributed by atoms with Crippen molar-refractivity contribution in [1.82, 2.24) is 4.90 Å². The maximum atomic E-state index is 10.2. The average molecular weight is 420 g/mol. The Bertz CT molecular complexity index is 600. The summed E-state index contributed by atoms with van der Waals surface area (Å²) in [6, 6.07) is 9.06. The Morgan fingerprint density at radius 3 is 2.23 bits per heavy atom. The van der Waals surface area contributed by atoms with Crippen molar-refractivity contribution in [3.05, 3.63) is 29.8 Å². The highest BCUT2D eigenvalue weighted by molar-refractivity contribution is 5.31. The van der Waals surface area contributed by atoms with E-state index in [4.69, 9.17) is 9.47 Å². The second-order valence-corrected chi connectivity index (χ2v) is 11.0. The smallest absolute Gasteiger partial charge is 0.119 e. The zero-order chi connectivity index (χ0) is 22.2. The Morgan fingerprint density at radius 1 is 1.00 bits per heavy atom. The molecule has 2 rings (SSSR count). The molecule has 1 unspecified atom stereocenters. The van der Waals surface area contributed by atoms with Gasteiger partial charge in [0.15, 0.2) is 0 Å². The zero-order valence-electron chi connectivity index (χ0n) is 20.2. The molecule has 1 aliphatic carbocycles. The minimum absolute atomic E-state index is 0.140. The lowest BCUT2D eigenvalue weighted by Gasteiger charge is -2.33. The van der Waals surface area contributed by atoms with E-state index in [1.54, 1.807) is 0 Å². The van der Waals surface area contributed by atoms with Gasteiger partial charge >= 0.3 is 0 Å². The number of rotatable bonds is 11. The van der Waals surface area contributed by atoms with E-state index in [-0.39, 0.29) is 5.41 Å². The molecule has 0 saturated heterocycles. The second-order valence-electron chi connectivity index (χ2n) is 11.0. The number of hydrogen-bond donors (Lipinski definition) is 1. The largest absolute Gasteiger partial charge is 0.491 e. The van der Waals surface area contributed by atoms with Crippen LogP contribution in [0.2, 0.25) is 0 Å². The molecular formula is C26H45NO3. The minimum atomic E-state index is -0.443. The molecule has 1 atom stereocenters. The summed E-state index contributed by atoms with van der Waals surface area (Å²) in [7, 11) is 2.12. The van der Waals surface area contributed by atoms with Crippen LogP contribution in [0.5, 0.6) is 5.75 Å². The first kappa shape index (κ1) is 25.2. The lowest BCUT2D eigenvalue weighted by Crippen LogP contribution is -2.40. The minimum Gasteiger partial charge on any atom is -0.491 e. The van der Waals surface area contributed by atoms with E-state index in [9.17, 15) is 5.11 Å². The van der Waals surface area contributed by atoms with Crippen LogP contribution < -0.4 is 4.74 Å².